The highest BCUT2D eigenvalue weighted by atomic mass is 19.4. The average molecular weight is 650 g/mol. The molecule has 1 atom stereocenters. The van der Waals surface area contributed by atoms with Crippen LogP contribution in [0.15, 0.2) is 36.7 Å². The quantitative estimate of drug-likeness (QED) is 0.480. The van der Waals surface area contributed by atoms with E-state index in [0.29, 0.717) is 18.2 Å². The van der Waals surface area contributed by atoms with Crippen molar-refractivity contribution in [1.29, 1.82) is 0 Å². The van der Waals surface area contributed by atoms with Crippen LogP contribution in [0.1, 0.15) is 48.3 Å². The highest BCUT2D eigenvalue weighted by molar-refractivity contribution is 5.77. The Labute approximate surface area is 256 Å². The molecule has 0 saturated carbocycles. The van der Waals surface area contributed by atoms with Crippen molar-refractivity contribution in [3.63, 3.8) is 0 Å². The zero-order chi connectivity index (χ0) is 33.6. The van der Waals surface area contributed by atoms with E-state index in [1.807, 2.05) is 17.9 Å². The molecule has 10 nitrogen and oxygen atoms in total. The number of aliphatic carboxylic acids is 2. The number of carboxylic acids is 2. The predicted octanol–water partition coefficient (Wildman–Crippen LogP) is 3.87. The summed E-state index contributed by atoms with van der Waals surface area (Å²) in [6.45, 7) is 6.94. The van der Waals surface area contributed by atoms with E-state index < -0.39 is 24.3 Å². The number of benzene rings is 1. The summed E-state index contributed by atoms with van der Waals surface area (Å²) >= 11 is 0. The molecule has 2 N–H and O–H groups in total. The molecule has 0 bridgehead atoms. The van der Waals surface area contributed by atoms with Gasteiger partial charge in [-0.3, -0.25) is 14.4 Å². The van der Waals surface area contributed by atoms with Crippen molar-refractivity contribution in [2.24, 2.45) is 7.05 Å². The molecule has 1 unspecified atom stereocenters. The SMILES string of the molecule is CN1CCN(C(=O)CC2CC3(CCN(Cc4cnn(C)c4)CC3)c3ccccc32)CC1.O=C(O)C(F)(F)F.O=C(O)C(F)(F)F. The number of piperazine rings is 1. The van der Waals surface area contributed by atoms with Crippen LogP contribution in [-0.4, -0.2) is 111 Å². The first kappa shape index (κ1) is 35.8. The average Bonchev–Trinajstić information content (AvgIpc) is 3.50. The Hall–Kier alpha value is -3.66. The molecule has 2 aromatic rings. The Morgan fingerprint density at radius 3 is 1.91 bits per heavy atom. The summed E-state index contributed by atoms with van der Waals surface area (Å²) in [5.74, 6) is -4.80. The minimum atomic E-state index is -5.08. The second kappa shape index (κ2) is 14.6. The lowest BCUT2D eigenvalue weighted by Crippen LogP contribution is -2.47. The number of hydrogen-bond acceptors (Lipinski definition) is 6. The lowest BCUT2D eigenvalue weighted by Gasteiger charge is -2.40. The molecule has 2 fully saturated rings. The summed E-state index contributed by atoms with van der Waals surface area (Å²) < 4.78 is 65.4. The molecule has 1 amide bonds. The van der Waals surface area contributed by atoms with E-state index >= 15 is 0 Å². The number of carbonyl (C=O) groups is 3. The van der Waals surface area contributed by atoms with E-state index in [0.717, 1.165) is 52.2 Å². The number of amides is 1. The third-order valence-electron chi connectivity index (χ3n) is 8.35. The van der Waals surface area contributed by atoms with Crippen molar-refractivity contribution in [1.82, 2.24) is 24.5 Å². The number of likely N-dealkylation sites (tertiary alicyclic amines) is 1. The molecule has 5 rings (SSSR count). The monoisotopic (exact) mass is 649 g/mol. The van der Waals surface area contributed by atoms with Crippen molar-refractivity contribution >= 4 is 17.8 Å². The summed E-state index contributed by atoms with van der Waals surface area (Å²) in [6, 6.07) is 8.97. The number of rotatable bonds is 4. The van der Waals surface area contributed by atoms with E-state index in [9.17, 15) is 31.1 Å². The van der Waals surface area contributed by atoms with Crippen LogP contribution in [-0.2, 0) is 33.4 Å². The van der Waals surface area contributed by atoms with Gasteiger partial charge in [0.2, 0.25) is 5.91 Å². The maximum atomic E-state index is 13.1. The Balaban J connectivity index is 0.000000331. The number of nitrogens with zero attached hydrogens (tertiary/aromatic N) is 5. The summed E-state index contributed by atoms with van der Waals surface area (Å²) in [7, 11) is 4.12. The first-order chi connectivity index (χ1) is 20.9. The minimum Gasteiger partial charge on any atom is -0.475 e. The molecule has 2 aliphatic heterocycles. The number of hydrogen-bond donors (Lipinski definition) is 2. The van der Waals surface area contributed by atoms with Gasteiger partial charge in [-0.25, -0.2) is 9.59 Å². The van der Waals surface area contributed by atoms with Gasteiger partial charge < -0.3 is 20.0 Å². The Bertz CT molecular complexity index is 1290. The maximum Gasteiger partial charge on any atom is 0.490 e. The topological polar surface area (TPSA) is 119 Å². The number of piperidine rings is 1. The molecule has 16 heteroatoms. The number of aromatic nitrogens is 2. The van der Waals surface area contributed by atoms with E-state index in [4.69, 9.17) is 19.8 Å². The van der Waals surface area contributed by atoms with Gasteiger partial charge in [0.25, 0.3) is 0 Å². The highest BCUT2D eigenvalue weighted by Gasteiger charge is 2.46. The van der Waals surface area contributed by atoms with Gasteiger partial charge in [0.1, 0.15) is 0 Å². The van der Waals surface area contributed by atoms with Gasteiger partial charge in [-0.2, -0.15) is 31.4 Å². The highest BCUT2D eigenvalue weighted by Crippen LogP contribution is 2.52. The number of halogens is 6. The molecular formula is C29H37F6N5O5. The van der Waals surface area contributed by atoms with Crippen molar-refractivity contribution < 1.29 is 50.9 Å². The minimum absolute atomic E-state index is 0.245. The zero-order valence-electron chi connectivity index (χ0n) is 24.9. The molecular weight excluding hydrogens is 612 g/mol. The lowest BCUT2D eigenvalue weighted by atomic mass is 9.73. The number of aryl methyl sites for hydroxylation is 1. The molecule has 2 saturated heterocycles. The number of carboxylic acid groups (broad SMARTS) is 2. The van der Waals surface area contributed by atoms with Crippen LogP contribution >= 0.6 is 0 Å². The fourth-order valence-corrected chi connectivity index (χ4v) is 6.03. The van der Waals surface area contributed by atoms with Crippen LogP contribution in [0.4, 0.5) is 26.3 Å². The smallest absolute Gasteiger partial charge is 0.475 e. The van der Waals surface area contributed by atoms with Gasteiger partial charge in [0.05, 0.1) is 6.20 Å². The fourth-order valence-electron chi connectivity index (χ4n) is 6.03. The summed E-state index contributed by atoms with van der Waals surface area (Å²) in [4.78, 5) is 37.8. The van der Waals surface area contributed by atoms with Gasteiger partial charge >= 0.3 is 24.3 Å². The Morgan fingerprint density at radius 2 is 1.42 bits per heavy atom. The summed E-state index contributed by atoms with van der Waals surface area (Å²) in [5, 5.41) is 18.6. The van der Waals surface area contributed by atoms with E-state index in [1.54, 1.807) is 0 Å². The third-order valence-corrected chi connectivity index (χ3v) is 8.35. The van der Waals surface area contributed by atoms with Gasteiger partial charge in [-0.15, -0.1) is 0 Å². The molecule has 1 aliphatic carbocycles. The Kier molecular flexibility index (Phi) is 11.6. The summed E-state index contributed by atoms with van der Waals surface area (Å²) in [5.41, 5.74) is 4.49. The number of carbonyl (C=O) groups excluding carboxylic acids is 1. The van der Waals surface area contributed by atoms with Crippen LogP contribution in [0.25, 0.3) is 0 Å². The number of alkyl halides is 6. The molecule has 0 radical (unpaired) electrons. The molecule has 250 valence electrons. The number of likely N-dealkylation sites (N-methyl/N-ethyl adjacent to an activating group) is 1. The molecule has 1 aromatic carbocycles. The summed E-state index contributed by atoms with van der Waals surface area (Å²) in [6.07, 6.45) is -1.90. The van der Waals surface area contributed by atoms with Crippen LogP contribution in [0.3, 0.4) is 0 Å². The maximum absolute atomic E-state index is 13.1. The second-order valence-electron chi connectivity index (χ2n) is 11.6. The molecule has 1 aromatic heterocycles. The lowest BCUT2D eigenvalue weighted by molar-refractivity contribution is -0.193. The number of fused-ring (bicyclic) bond motifs is 2. The van der Waals surface area contributed by atoms with Crippen molar-refractivity contribution in [2.75, 3.05) is 46.3 Å². The normalized spacial score (nSPS) is 20.0. The zero-order valence-corrected chi connectivity index (χ0v) is 24.9. The van der Waals surface area contributed by atoms with Crippen molar-refractivity contribution in [2.45, 2.75) is 55.9 Å². The van der Waals surface area contributed by atoms with E-state index in [2.05, 4.69) is 57.3 Å². The van der Waals surface area contributed by atoms with Crippen LogP contribution in [0.2, 0.25) is 0 Å². The van der Waals surface area contributed by atoms with Gasteiger partial charge in [-0.05, 0) is 61.9 Å². The standard InChI is InChI=1S/C25H35N5O.2C2HF3O2/c1-27-11-13-30(14-12-27)24(31)15-21-16-25(23-6-4-3-5-22(21)23)7-9-29(10-8-25)19-20-17-26-28(2)18-20;2*3-2(4,5)1(6)7/h3-6,17-18,21H,7-16,19H2,1-2H3;2*(H,6,7). The van der Waals surface area contributed by atoms with Crippen LogP contribution in [0.5, 0.6) is 0 Å². The first-order valence-electron chi connectivity index (χ1n) is 14.3. The predicted molar refractivity (Wildman–Crippen MR) is 149 cm³/mol. The molecule has 45 heavy (non-hydrogen) atoms. The fraction of sp³-hybridized carbons (Fsp3) is 0.586. The van der Waals surface area contributed by atoms with Crippen LogP contribution < -0.4 is 0 Å². The second-order valence-corrected chi connectivity index (χ2v) is 11.6. The van der Waals surface area contributed by atoms with Gasteiger partial charge in [0.15, 0.2) is 0 Å². The molecule has 3 aliphatic rings. The van der Waals surface area contributed by atoms with Crippen molar-refractivity contribution in [3.05, 3.63) is 53.3 Å². The van der Waals surface area contributed by atoms with Gasteiger partial charge in [-0.1, -0.05) is 24.3 Å². The van der Waals surface area contributed by atoms with E-state index in [-0.39, 0.29) is 5.41 Å². The third kappa shape index (κ3) is 9.91. The van der Waals surface area contributed by atoms with Crippen molar-refractivity contribution in [3.8, 4) is 0 Å². The largest absolute Gasteiger partial charge is 0.490 e. The van der Waals surface area contributed by atoms with E-state index in [1.165, 1.54) is 29.5 Å². The molecule has 3 heterocycles. The van der Waals surface area contributed by atoms with Gasteiger partial charge in [0, 0.05) is 58.0 Å². The van der Waals surface area contributed by atoms with Crippen LogP contribution in [0, 0.1) is 0 Å². The molecule has 1 spiro atoms. The first-order valence-corrected chi connectivity index (χ1v) is 14.3. The Morgan fingerprint density at radius 1 is 0.889 bits per heavy atom.